The lowest BCUT2D eigenvalue weighted by atomic mass is 9.89. The first-order valence-electron chi connectivity index (χ1n) is 13.9. The summed E-state index contributed by atoms with van der Waals surface area (Å²) in [4.78, 5) is 40.8. The van der Waals surface area contributed by atoms with Gasteiger partial charge in [0.05, 0.1) is 25.3 Å². The topological polar surface area (TPSA) is 119 Å². The van der Waals surface area contributed by atoms with E-state index in [9.17, 15) is 9.59 Å². The second-order valence-electron chi connectivity index (χ2n) is 10.7. The maximum atomic E-state index is 12.9. The first kappa shape index (κ1) is 29.0. The molecule has 4 rings (SSSR count). The van der Waals surface area contributed by atoms with Crippen molar-refractivity contribution in [3.05, 3.63) is 41.6 Å². The number of fused-ring (bicyclic) bond motifs is 1. The lowest BCUT2D eigenvalue weighted by Gasteiger charge is -2.32. The minimum absolute atomic E-state index is 0.0412. The number of rotatable bonds is 14. The van der Waals surface area contributed by atoms with E-state index in [2.05, 4.69) is 29.5 Å². The number of hydrogen-bond donors (Lipinski definition) is 2. The van der Waals surface area contributed by atoms with Crippen molar-refractivity contribution < 1.29 is 19.1 Å². The Morgan fingerprint density at radius 2 is 1.90 bits per heavy atom. The van der Waals surface area contributed by atoms with Crippen LogP contribution in [0.5, 0.6) is 11.5 Å². The molecule has 1 atom stereocenters. The maximum absolute atomic E-state index is 12.9. The van der Waals surface area contributed by atoms with Crippen LogP contribution >= 0.6 is 0 Å². The van der Waals surface area contributed by atoms with Gasteiger partial charge >= 0.3 is 0 Å². The van der Waals surface area contributed by atoms with E-state index in [1.165, 1.54) is 0 Å². The third-order valence-corrected chi connectivity index (χ3v) is 7.39. The van der Waals surface area contributed by atoms with Crippen LogP contribution in [0.25, 0.3) is 11.0 Å². The third-order valence-electron chi connectivity index (χ3n) is 7.39. The predicted molar refractivity (Wildman–Crippen MR) is 156 cm³/mol. The van der Waals surface area contributed by atoms with Crippen molar-refractivity contribution in [1.82, 2.24) is 19.9 Å². The molecule has 1 aromatic carbocycles. The molecule has 1 amide bonds. The van der Waals surface area contributed by atoms with Crippen LogP contribution in [0.3, 0.4) is 0 Å². The zero-order valence-electron chi connectivity index (χ0n) is 24.2. The molecule has 1 aliphatic heterocycles. The van der Waals surface area contributed by atoms with Crippen molar-refractivity contribution >= 4 is 34.5 Å². The van der Waals surface area contributed by atoms with E-state index in [-0.39, 0.29) is 17.2 Å². The molecule has 2 N–H and O–H groups in total. The molecule has 0 unspecified atom stereocenters. The van der Waals surface area contributed by atoms with Crippen LogP contribution in [-0.4, -0.2) is 64.4 Å². The van der Waals surface area contributed by atoms with Gasteiger partial charge in [0.15, 0.2) is 5.82 Å². The van der Waals surface area contributed by atoms with Gasteiger partial charge in [-0.3, -0.25) is 4.79 Å². The molecule has 0 radical (unpaired) electrons. The standard InChI is InChI=1S/C30H40N6O4/c1-6-7-12-30(3,13-11-20(2)37)35-27-26-24(16-22(19-31-26)28(38)36-14-8-15-36)33-29(34-27)32-18-21-9-10-23(39-4)17-25(21)40-5/h9-10,16-17,19H,6-8,11-15,18H2,1-5H3,(H2,32,33,34,35)/t30-/m1/s1. The summed E-state index contributed by atoms with van der Waals surface area (Å²) in [7, 11) is 3.23. The molecular formula is C30H40N6O4. The van der Waals surface area contributed by atoms with Crippen molar-refractivity contribution in [2.75, 3.05) is 37.9 Å². The lowest BCUT2D eigenvalue weighted by Crippen LogP contribution is -2.42. The summed E-state index contributed by atoms with van der Waals surface area (Å²) in [6, 6.07) is 7.42. The Kier molecular flexibility index (Phi) is 9.39. The van der Waals surface area contributed by atoms with Crippen molar-refractivity contribution in [1.29, 1.82) is 0 Å². The number of methoxy groups -OCH3 is 2. The van der Waals surface area contributed by atoms with Gasteiger partial charge < -0.3 is 29.8 Å². The smallest absolute Gasteiger partial charge is 0.255 e. The average molecular weight is 549 g/mol. The number of unbranched alkanes of at least 4 members (excludes halogenated alkanes) is 1. The van der Waals surface area contributed by atoms with E-state index >= 15 is 0 Å². The minimum atomic E-state index is -0.368. The molecule has 1 fully saturated rings. The first-order valence-corrected chi connectivity index (χ1v) is 13.9. The Bertz CT molecular complexity index is 1360. The van der Waals surface area contributed by atoms with Crippen LogP contribution in [0.4, 0.5) is 11.8 Å². The van der Waals surface area contributed by atoms with E-state index in [0.29, 0.717) is 59.2 Å². The fourth-order valence-corrected chi connectivity index (χ4v) is 4.73. The van der Waals surface area contributed by atoms with Crippen LogP contribution in [0.1, 0.15) is 75.2 Å². The fourth-order valence-electron chi connectivity index (χ4n) is 4.73. The number of ether oxygens (including phenoxy) is 2. The molecule has 1 saturated heterocycles. The number of Topliss-reactive ketones (excluding diaryl/α,β-unsaturated/α-hetero) is 1. The highest BCUT2D eigenvalue weighted by atomic mass is 16.5. The fraction of sp³-hybridized carbons (Fsp3) is 0.500. The summed E-state index contributed by atoms with van der Waals surface area (Å²) in [6.45, 7) is 7.82. The number of carbonyl (C=O) groups excluding carboxylic acids is 2. The Hall–Kier alpha value is -3.95. The maximum Gasteiger partial charge on any atom is 0.255 e. The number of amides is 1. The summed E-state index contributed by atoms with van der Waals surface area (Å²) in [6.07, 6.45) is 6.69. The van der Waals surface area contributed by atoms with Gasteiger partial charge in [0.2, 0.25) is 5.95 Å². The van der Waals surface area contributed by atoms with Crippen molar-refractivity contribution in [3.8, 4) is 11.5 Å². The number of ketones is 1. The summed E-state index contributed by atoms with van der Waals surface area (Å²) < 4.78 is 10.9. The van der Waals surface area contributed by atoms with E-state index in [4.69, 9.17) is 19.4 Å². The van der Waals surface area contributed by atoms with Crippen molar-refractivity contribution in [2.24, 2.45) is 0 Å². The molecule has 3 heterocycles. The van der Waals surface area contributed by atoms with E-state index in [1.807, 2.05) is 23.1 Å². The highest BCUT2D eigenvalue weighted by Gasteiger charge is 2.27. The molecule has 3 aromatic rings. The Labute approximate surface area is 235 Å². The molecule has 0 aliphatic carbocycles. The number of benzene rings is 1. The molecule has 2 aromatic heterocycles. The lowest BCUT2D eigenvalue weighted by molar-refractivity contribution is -0.117. The van der Waals surface area contributed by atoms with Crippen LogP contribution in [-0.2, 0) is 11.3 Å². The van der Waals surface area contributed by atoms with E-state index in [0.717, 1.165) is 44.3 Å². The Morgan fingerprint density at radius 1 is 1.10 bits per heavy atom. The number of pyridine rings is 1. The van der Waals surface area contributed by atoms with Crippen LogP contribution in [0.2, 0.25) is 0 Å². The zero-order chi connectivity index (χ0) is 28.7. The summed E-state index contributed by atoms with van der Waals surface area (Å²) in [5.41, 5.74) is 2.20. The minimum Gasteiger partial charge on any atom is -0.497 e. The van der Waals surface area contributed by atoms with Gasteiger partial charge in [-0.15, -0.1) is 0 Å². The molecule has 10 nitrogen and oxygen atoms in total. The SMILES string of the molecule is CCCC[C@](C)(CCC(C)=O)Nc1nc(NCc2ccc(OC)cc2OC)nc2cc(C(=O)N3CCC3)cnc12. The van der Waals surface area contributed by atoms with Crippen molar-refractivity contribution in [2.45, 2.75) is 71.4 Å². The number of anilines is 2. The predicted octanol–water partition coefficient (Wildman–Crippen LogP) is 5.23. The van der Waals surface area contributed by atoms with E-state index < -0.39 is 0 Å². The Morgan fingerprint density at radius 3 is 2.55 bits per heavy atom. The molecule has 1 aliphatic rings. The summed E-state index contributed by atoms with van der Waals surface area (Å²) in [5, 5.41) is 6.93. The van der Waals surface area contributed by atoms with Crippen LogP contribution < -0.4 is 20.1 Å². The molecular weight excluding hydrogens is 508 g/mol. The number of aromatic nitrogens is 3. The van der Waals surface area contributed by atoms with E-state index in [1.54, 1.807) is 33.4 Å². The molecule has 0 saturated carbocycles. The highest BCUT2D eigenvalue weighted by Crippen LogP contribution is 2.30. The van der Waals surface area contributed by atoms with Gasteiger partial charge in [-0.2, -0.15) is 4.98 Å². The molecule has 0 spiro atoms. The third kappa shape index (κ3) is 6.97. The van der Waals surface area contributed by atoms with Gasteiger partial charge in [-0.25, -0.2) is 9.97 Å². The number of carbonyl (C=O) groups is 2. The number of likely N-dealkylation sites (tertiary alicyclic amines) is 1. The van der Waals surface area contributed by atoms with Crippen LogP contribution in [0, 0.1) is 0 Å². The average Bonchev–Trinajstić information content (AvgIpc) is 2.92. The van der Waals surface area contributed by atoms with Gasteiger partial charge in [-0.1, -0.05) is 19.8 Å². The molecule has 40 heavy (non-hydrogen) atoms. The number of nitrogens with zero attached hydrogens (tertiary/aromatic N) is 4. The zero-order valence-corrected chi connectivity index (χ0v) is 24.2. The highest BCUT2D eigenvalue weighted by molar-refractivity contribution is 5.98. The second-order valence-corrected chi connectivity index (χ2v) is 10.7. The summed E-state index contributed by atoms with van der Waals surface area (Å²) in [5.74, 6) is 2.47. The second kappa shape index (κ2) is 12.9. The normalized spacial score (nSPS) is 14.3. The number of hydrogen-bond acceptors (Lipinski definition) is 9. The van der Waals surface area contributed by atoms with Crippen molar-refractivity contribution in [3.63, 3.8) is 0 Å². The number of nitrogens with one attached hydrogen (secondary N) is 2. The largest absolute Gasteiger partial charge is 0.497 e. The monoisotopic (exact) mass is 548 g/mol. The summed E-state index contributed by atoms with van der Waals surface area (Å²) >= 11 is 0. The molecule has 0 bridgehead atoms. The van der Waals surface area contributed by atoms with Gasteiger partial charge in [-0.05, 0) is 51.3 Å². The van der Waals surface area contributed by atoms with Gasteiger partial charge in [0, 0.05) is 49.4 Å². The van der Waals surface area contributed by atoms with Crippen LogP contribution in [0.15, 0.2) is 30.5 Å². The quantitative estimate of drug-likeness (QED) is 0.279. The first-order chi connectivity index (χ1) is 19.2. The molecule has 214 valence electrons. The van der Waals surface area contributed by atoms with Gasteiger partial charge in [0.1, 0.15) is 22.8 Å². The Balaban J connectivity index is 1.70. The van der Waals surface area contributed by atoms with Gasteiger partial charge in [0.25, 0.3) is 5.91 Å². The molecule has 10 heteroatoms.